The summed E-state index contributed by atoms with van der Waals surface area (Å²) in [4.78, 5) is 30.2. The number of halogens is 3. The van der Waals surface area contributed by atoms with Crippen LogP contribution in [0.5, 0.6) is 0 Å². The second-order valence-corrected chi connectivity index (χ2v) is 7.35. The summed E-state index contributed by atoms with van der Waals surface area (Å²) in [5, 5.41) is 8.78. The first kappa shape index (κ1) is 23.2. The van der Waals surface area contributed by atoms with E-state index in [-0.39, 0.29) is 18.1 Å². The highest BCUT2D eigenvalue weighted by atomic mass is 19.4. The molecule has 0 spiro atoms. The first-order chi connectivity index (χ1) is 15.1. The van der Waals surface area contributed by atoms with Crippen LogP contribution >= 0.6 is 0 Å². The lowest BCUT2D eigenvalue weighted by Gasteiger charge is -2.34. The first-order valence-electron chi connectivity index (χ1n) is 9.79. The van der Waals surface area contributed by atoms with Gasteiger partial charge >= 0.3 is 17.9 Å². The molecule has 4 rings (SSSR count). The number of amides is 1. The molecule has 0 aliphatic carbocycles. The van der Waals surface area contributed by atoms with Crippen LogP contribution in [-0.4, -0.2) is 53.2 Å². The molecular weight excluding hydrogens is 429 g/mol. The SMILES string of the molecule is CC1CN(C(=O)c2[nH]c(-c3cc[nH+]cc3)c3cccc[n+]23)CC(C)O1.O=C([O-])C(F)(F)F. The van der Waals surface area contributed by atoms with Gasteiger partial charge in [-0.25, -0.2) is 9.97 Å². The number of hydrogen-bond donors (Lipinski definition) is 1. The Bertz CT molecular complexity index is 1090. The summed E-state index contributed by atoms with van der Waals surface area (Å²) < 4.78 is 39.2. The zero-order valence-electron chi connectivity index (χ0n) is 17.3. The largest absolute Gasteiger partial charge is 0.542 e. The molecule has 3 aromatic rings. The summed E-state index contributed by atoms with van der Waals surface area (Å²) in [6.45, 7) is 5.21. The van der Waals surface area contributed by atoms with Crippen LogP contribution in [0.3, 0.4) is 0 Å². The molecule has 4 heterocycles. The number of nitrogens with one attached hydrogen (secondary N) is 2. The number of fused-ring (bicyclic) bond motifs is 1. The Morgan fingerprint density at radius 3 is 2.31 bits per heavy atom. The fraction of sp³-hybridized carbons (Fsp3) is 0.333. The fourth-order valence-corrected chi connectivity index (χ4v) is 3.51. The van der Waals surface area contributed by atoms with Crippen LogP contribution in [0.25, 0.3) is 16.8 Å². The number of carboxylic acid groups (broad SMARTS) is 1. The Labute approximate surface area is 181 Å². The van der Waals surface area contributed by atoms with E-state index in [1.165, 1.54) is 0 Å². The molecule has 8 nitrogen and oxygen atoms in total. The number of aliphatic carboxylic acids is 1. The number of carboxylic acids is 1. The maximum atomic E-state index is 13.2. The van der Waals surface area contributed by atoms with Gasteiger partial charge in [-0.05, 0) is 26.0 Å². The molecule has 0 saturated carbocycles. The van der Waals surface area contributed by atoms with Gasteiger partial charge < -0.3 is 19.5 Å². The van der Waals surface area contributed by atoms with E-state index in [0.29, 0.717) is 18.9 Å². The summed E-state index contributed by atoms with van der Waals surface area (Å²) in [5.41, 5.74) is 2.95. The molecule has 32 heavy (non-hydrogen) atoms. The number of rotatable bonds is 2. The number of carbonyl (C=O) groups excluding carboxylic acids is 2. The van der Waals surface area contributed by atoms with Crippen molar-refractivity contribution in [3.05, 3.63) is 54.7 Å². The lowest BCUT2D eigenvalue weighted by Crippen LogP contribution is -2.50. The van der Waals surface area contributed by atoms with Crippen molar-refractivity contribution in [1.82, 2.24) is 9.88 Å². The highest BCUT2D eigenvalue weighted by Gasteiger charge is 2.33. The van der Waals surface area contributed by atoms with Crippen molar-refractivity contribution in [3.63, 3.8) is 0 Å². The smallest absolute Gasteiger partial charge is 0.430 e. The van der Waals surface area contributed by atoms with E-state index in [4.69, 9.17) is 14.6 Å². The van der Waals surface area contributed by atoms with E-state index in [9.17, 15) is 18.0 Å². The molecule has 3 aromatic heterocycles. The Morgan fingerprint density at radius 1 is 1.16 bits per heavy atom. The van der Waals surface area contributed by atoms with Crippen LogP contribution in [0.4, 0.5) is 13.2 Å². The lowest BCUT2D eigenvalue weighted by atomic mass is 10.2. The van der Waals surface area contributed by atoms with Crippen molar-refractivity contribution < 1.29 is 42.0 Å². The molecule has 0 aromatic carbocycles. The summed E-state index contributed by atoms with van der Waals surface area (Å²) >= 11 is 0. The van der Waals surface area contributed by atoms with Crippen LogP contribution < -0.4 is 14.5 Å². The molecule has 1 saturated heterocycles. The third kappa shape index (κ3) is 5.22. The molecule has 1 aliphatic heterocycles. The van der Waals surface area contributed by atoms with Crippen molar-refractivity contribution >= 4 is 17.4 Å². The number of hydrogen-bond acceptors (Lipinski definition) is 4. The number of alkyl halides is 3. The van der Waals surface area contributed by atoms with Crippen molar-refractivity contribution in [2.24, 2.45) is 0 Å². The normalized spacial score (nSPS) is 18.7. The lowest BCUT2D eigenvalue weighted by molar-refractivity contribution is -0.514. The summed E-state index contributed by atoms with van der Waals surface area (Å²) in [6.07, 6.45) is 0.571. The van der Waals surface area contributed by atoms with Gasteiger partial charge in [0.2, 0.25) is 0 Å². The molecule has 1 fully saturated rings. The van der Waals surface area contributed by atoms with Crippen LogP contribution in [0.2, 0.25) is 0 Å². The van der Waals surface area contributed by atoms with Gasteiger partial charge in [0.15, 0.2) is 23.6 Å². The van der Waals surface area contributed by atoms with Crippen molar-refractivity contribution in [3.8, 4) is 11.3 Å². The number of carbonyl (C=O) groups is 2. The maximum absolute atomic E-state index is 13.2. The predicted molar refractivity (Wildman–Crippen MR) is 103 cm³/mol. The van der Waals surface area contributed by atoms with E-state index in [0.717, 1.165) is 16.8 Å². The van der Waals surface area contributed by atoms with Gasteiger partial charge in [-0.15, -0.1) is 0 Å². The van der Waals surface area contributed by atoms with Crippen LogP contribution in [0.1, 0.15) is 24.5 Å². The Kier molecular flexibility index (Phi) is 6.78. The van der Waals surface area contributed by atoms with Crippen LogP contribution in [0.15, 0.2) is 48.9 Å². The highest BCUT2D eigenvalue weighted by Crippen LogP contribution is 2.21. The van der Waals surface area contributed by atoms with E-state index in [1.54, 1.807) is 0 Å². The predicted octanol–water partition coefficient (Wildman–Crippen LogP) is 0.782. The van der Waals surface area contributed by atoms with Crippen molar-refractivity contribution in [2.45, 2.75) is 32.2 Å². The number of H-pyrrole nitrogens is 2. The van der Waals surface area contributed by atoms with Gasteiger partial charge in [0.05, 0.1) is 18.4 Å². The zero-order chi connectivity index (χ0) is 23.5. The third-order valence-electron chi connectivity index (χ3n) is 4.75. The highest BCUT2D eigenvalue weighted by molar-refractivity contribution is 5.91. The molecule has 0 radical (unpaired) electrons. The van der Waals surface area contributed by atoms with Crippen molar-refractivity contribution in [1.29, 1.82) is 0 Å². The van der Waals surface area contributed by atoms with Gasteiger partial charge in [0, 0.05) is 30.8 Å². The van der Waals surface area contributed by atoms with E-state index >= 15 is 0 Å². The topological polar surface area (TPSA) is 104 Å². The summed E-state index contributed by atoms with van der Waals surface area (Å²) in [5.74, 6) is -2.44. The minimum absolute atomic E-state index is 0.00283. The average Bonchev–Trinajstić information content (AvgIpc) is 3.12. The fourth-order valence-electron chi connectivity index (χ4n) is 3.51. The maximum Gasteiger partial charge on any atom is 0.430 e. The Balaban J connectivity index is 0.000000360. The Hall–Kier alpha value is -3.47. The second kappa shape index (κ2) is 9.35. The number of imidazole rings is 1. The van der Waals surface area contributed by atoms with E-state index < -0.39 is 12.1 Å². The monoisotopic (exact) mass is 451 g/mol. The van der Waals surface area contributed by atoms with E-state index in [2.05, 4.69) is 9.97 Å². The molecule has 1 aliphatic rings. The van der Waals surface area contributed by atoms with Gasteiger partial charge in [-0.1, -0.05) is 6.07 Å². The van der Waals surface area contributed by atoms with Gasteiger partial charge in [-0.3, -0.25) is 4.79 Å². The first-order valence-corrected chi connectivity index (χ1v) is 9.79. The van der Waals surface area contributed by atoms with E-state index in [1.807, 2.05) is 72.1 Å². The number of morpholine rings is 1. The number of nitrogens with zero attached hydrogens (tertiary/aromatic N) is 2. The Morgan fingerprint density at radius 2 is 1.75 bits per heavy atom. The number of aromatic amines is 2. The van der Waals surface area contributed by atoms with Crippen LogP contribution in [0, 0.1) is 0 Å². The summed E-state index contributed by atoms with van der Waals surface area (Å²) in [6, 6.07) is 9.92. The average molecular weight is 451 g/mol. The number of pyridine rings is 2. The molecule has 2 N–H and O–H groups in total. The molecule has 2 atom stereocenters. The standard InChI is InChI=1S/C19H20N4O2.C2HF3O2/c1-13-11-22(12-14(2)25-13)19(24)18-21-17(15-6-8-20-9-7-15)16-5-3-4-10-23(16)18;3-2(4,5)1(6)7/h3-10,13-14H,11-12H2,1-2H3;(H,6,7)/p+1. The number of aromatic nitrogens is 3. The van der Waals surface area contributed by atoms with Gasteiger partial charge in [0.1, 0.15) is 5.97 Å². The second-order valence-electron chi connectivity index (χ2n) is 7.35. The summed E-state index contributed by atoms with van der Waals surface area (Å²) in [7, 11) is 0. The molecular formula is C21H22F3N4O4+. The molecule has 0 bridgehead atoms. The van der Waals surface area contributed by atoms with Crippen LogP contribution in [-0.2, 0) is 9.53 Å². The number of ether oxygens (including phenoxy) is 1. The molecule has 11 heteroatoms. The molecule has 2 unspecified atom stereocenters. The zero-order valence-corrected chi connectivity index (χ0v) is 17.3. The van der Waals surface area contributed by atoms with Crippen molar-refractivity contribution in [2.75, 3.05) is 13.1 Å². The molecule has 170 valence electrons. The van der Waals surface area contributed by atoms with Gasteiger partial charge in [-0.2, -0.15) is 17.6 Å². The minimum atomic E-state index is -5.19. The third-order valence-corrected chi connectivity index (χ3v) is 4.75. The molecule has 1 amide bonds. The quantitative estimate of drug-likeness (QED) is 0.582. The minimum Gasteiger partial charge on any atom is -0.542 e. The van der Waals surface area contributed by atoms with Gasteiger partial charge in [0.25, 0.3) is 0 Å².